The van der Waals surface area contributed by atoms with Gasteiger partial charge >= 0.3 is 5.97 Å². The van der Waals surface area contributed by atoms with Crippen LogP contribution in [0.15, 0.2) is 30.3 Å². The maximum Gasteiger partial charge on any atom is 0.349 e. The SMILES string of the molecule is COC(=O)c1sc(C2CN(Cc3ccccc3)CCO2)nc1C. The molecule has 1 aromatic heterocycles. The molecule has 0 spiro atoms. The highest BCUT2D eigenvalue weighted by atomic mass is 32.1. The van der Waals surface area contributed by atoms with Gasteiger partial charge in [-0.25, -0.2) is 9.78 Å². The zero-order chi connectivity index (χ0) is 16.2. The van der Waals surface area contributed by atoms with Crippen molar-refractivity contribution >= 4 is 17.3 Å². The number of carbonyl (C=O) groups is 1. The number of carbonyl (C=O) groups excluding carboxylic acids is 1. The zero-order valence-corrected chi connectivity index (χ0v) is 14.1. The van der Waals surface area contributed by atoms with E-state index in [-0.39, 0.29) is 12.1 Å². The van der Waals surface area contributed by atoms with E-state index in [0.717, 1.165) is 24.6 Å². The molecule has 122 valence electrons. The summed E-state index contributed by atoms with van der Waals surface area (Å²) in [5, 5.41) is 0.848. The number of thiazole rings is 1. The Morgan fingerprint density at radius 2 is 2.22 bits per heavy atom. The minimum Gasteiger partial charge on any atom is -0.465 e. The van der Waals surface area contributed by atoms with Crippen LogP contribution in [-0.2, 0) is 16.0 Å². The second kappa shape index (κ2) is 7.21. The van der Waals surface area contributed by atoms with Gasteiger partial charge in [-0.05, 0) is 12.5 Å². The van der Waals surface area contributed by atoms with Crippen LogP contribution < -0.4 is 0 Å². The molecule has 1 aromatic carbocycles. The first kappa shape index (κ1) is 16.1. The van der Waals surface area contributed by atoms with Gasteiger partial charge in [-0.1, -0.05) is 30.3 Å². The largest absolute Gasteiger partial charge is 0.465 e. The third-order valence-electron chi connectivity index (χ3n) is 3.86. The molecule has 0 amide bonds. The van der Waals surface area contributed by atoms with E-state index >= 15 is 0 Å². The van der Waals surface area contributed by atoms with E-state index in [0.29, 0.717) is 17.2 Å². The monoisotopic (exact) mass is 332 g/mol. The number of aromatic nitrogens is 1. The van der Waals surface area contributed by atoms with Crippen LogP contribution in [0.5, 0.6) is 0 Å². The van der Waals surface area contributed by atoms with E-state index in [4.69, 9.17) is 9.47 Å². The first-order valence-corrected chi connectivity index (χ1v) is 8.42. The highest BCUT2D eigenvalue weighted by Gasteiger charge is 2.27. The fraction of sp³-hybridized carbons (Fsp3) is 0.412. The number of hydrogen-bond donors (Lipinski definition) is 0. The summed E-state index contributed by atoms with van der Waals surface area (Å²) in [6.45, 7) is 5.08. The Balaban J connectivity index is 1.70. The summed E-state index contributed by atoms with van der Waals surface area (Å²) in [4.78, 5) is 19.2. The van der Waals surface area contributed by atoms with E-state index in [9.17, 15) is 4.79 Å². The van der Waals surface area contributed by atoms with Gasteiger partial charge in [0.2, 0.25) is 0 Å². The predicted molar refractivity (Wildman–Crippen MR) is 88.6 cm³/mol. The highest BCUT2D eigenvalue weighted by Crippen LogP contribution is 2.29. The van der Waals surface area contributed by atoms with Crippen molar-refractivity contribution in [2.75, 3.05) is 26.8 Å². The average Bonchev–Trinajstić information content (AvgIpc) is 2.97. The molecule has 1 aliphatic heterocycles. The smallest absolute Gasteiger partial charge is 0.349 e. The predicted octanol–water partition coefficient (Wildman–Crippen LogP) is 2.81. The molecule has 5 nitrogen and oxygen atoms in total. The Kier molecular flexibility index (Phi) is 5.05. The molecule has 23 heavy (non-hydrogen) atoms. The number of morpholine rings is 1. The summed E-state index contributed by atoms with van der Waals surface area (Å²) in [6, 6.07) is 10.4. The number of rotatable bonds is 4. The third kappa shape index (κ3) is 3.77. The first-order chi connectivity index (χ1) is 11.2. The Morgan fingerprint density at radius 1 is 1.43 bits per heavy atom. The van der Waals surface area contributed by atoms with Gasteiger partial charge in [0, 0.05) is 19.6 Å². The number of esters is 1. The molecule has 1 aliphatic rings. The lowest BCUT2D eigenvalue weighted by atomic mass is 10.2. The van der Waals surface area contributed by atoms with Gasteiger partial charge < -0.3 is 9.47 Å². The summed E-state index contributed by atoms with van der Waals surface area (Å²) < 4.78 is 10.7. The Bertz CT molecular complexity index is 672. The number of ether oxygens (including phenoxy) is 2. The van der Waals surface area contributed by atoms with Crippen molar-refractivity contribution < 1.29 is 14.3 Å². The van der Waals surface area contributed by atoms with Crippen LogP contribution in [0, 0.1) is 6.92 Å². The van der Waals surface area contributed by atoms with Gasteiger partial charge in [0.05, 0.1) is 19.4 Å². The molecule has 2 aromatic rings. The number of benzene rings is 1. The molecule has 0 aliphatic carbocycles. The lowest BCUT2D eigenvalue weighted by molar-refractivity contribution is -0.0330. The lowest BCUT2D eigenvalue weighted by Gasteiger charge is -2.31. The van der Waals surface area contributed by atoms with Crippen molar-refractivity contribution in [1.82, 2.24) is 9.88 Å². The van der Waals surface area contributed by atoms with Crippen LogP contribution in [0.3, 0.4) is 0 Å². The van der Waals surface area contributed by atoms with Gasteiger partial charge in [0.25, 0.3) is 0 Å². The molecule has 2 heterocycles. The molecule has 0 radical (unpaired) electrons. The van der Waals surface area contributed by atoms with Crippen LogP contribution in [0.1, 0.15) is 32.0 Å². The van der Waals surface area contributed by atoms with Gasteiger partial charge in [-0.2, -0.15) is 0 Å². The fourth-order valence-electron chi connectivity index (χ4n) is 2.67. The molecule has 1 unspecified atom stereocenters. The summed E-state index contributed by atoms with van der Waals surface area (Å²) in [7, 11) is 1.39. The third-order valence-corrected chi connectivity index (χ3v) is 5.09. The number of aryl methyl sites for hydroxylation is 1. The molecule has 0 saturated carbocycles. The highest BCUT2D eigenvalue weighted by molar-refractivity contribution is 7.13. The molecule has 0 N–H and O–H groups in total. The van der Waals surface area contributed by atoms with Crippen LogP contribution in [0.2, 0.25) is 0 Å². The normalized spacial score (nSPS) is 18.8. The van der Waals surface area contributed by atoms with E-state index < -0.39 is 0 Å². The maximum absolute atomic E-state index is 11.7. The van der Waals surface area contributed by atoms with E-state index in [2.05, 4.69) is 34.1 Å². The molecule has 0 bridgehead atoms. The molecular formula is C17H20N2O3S. The average molecular weight is 332 g/mol. The van der Waals surface area contributed by atoms with Crippen LogP contribution >= 0.6 is 11.3 Å². The van der Waals surface area contributed by atoms with Crippen molar-refractivity contribution in [1.29, 1.82) is 0 Å². The van der Waals surface area contributed by atoms with Crippen LogP contribution in [0.4, 0.5) is 0 Å². The molecule has 6 heteroatoms. The van der Waals surface area contributed by atoms with Crippen molar-refractivity contribution in [2.45, 2.75) is 19.6 Å². The fourth-order valence-corrected chi connectivity index (χ4v) is 3.70. The summed E-state index contributed by atoms with van der Waals surface area (Å²) in [5.41, 5.74) is 2.00. The molecule has 1 saturated heterocycles. The van der Waals surface area contributed by atoms with Gasteiger partial charge in [-0.15, -0.1) is 11.3 Å². The lowest BCUT2D eigenvalue weighted by Crippen LogP contribution is -2.37. The minimum atomic E-state index is -0.330. The molecule has 1 fully saturated rings. The second-order valence-corrected chi connectivity index (χ2v) is 6.57. The Hall–Kier alpha value is -1.76. The summed E-state index contributed by atoms with van der Waals surface area (Å²) in [6.07, 6.45) is -0.0884. The van der Waals surface area contributed by atoms with Gasteiger partial charge in [0.1, 0.15) is 16.0 Å². The number of hydrogen-bond acceptors (Lipinski definition) is 6. The quantitative estimate of drug-likeness (QED) is 0.806. The second-order valence-electron chi connectivity index (χ2n) is 5.54. The minimum absolute atomic E-state index is 0.0884. The van der Waals surface area contributed by atoms with Gasteiger partial charge in [-0.3, -0.25) is 4.90 Å². The first-order valence-electron chi connectivity index (χ1n) is 7.61. The van der Waals surface area contributed by atoms with Crippen LogP contribution in [-0.4, -0.2) is 42.7 Å². The van der Waals surface area contributed by atoms with Crippen molar-refractivity contribution in [3.05, 3.63) is 51.5 Å². The number of methoxy groups -OCH3 is 1. The topological polar surface area (TPSA) is 51.7 Å². The molecule has 1 atom stereocenters. The van der Waals surface area contributed by atoms with E-state index in [1.54, 1.807) is 0 Å². The van der Waals surface area contributed by atoms with Crippen molar-refractivity contribution in [2.24, 2.45) is 0 Å². The van der Waals surface area contributed by atoms with Crippen molar-refractivity contribution in [3.8, 4) is 0 Å². The zero-order valence-electron chi connectivity index (χ0n) is 13.3. The maximum atomic E-state index is 11.7. The number of nitrogens with zero attached hydrogens (tertiary/aromatic N) is 2. The molecule has 3 rings (SSSR count). The van der Waals surface area contributed by atoms with Crippen LogP contribution in [0.25, 0.3) is 0 Å². The standard InChI is InChI=1S/C17H20N2O3S/c1-12-15(17(20)21-2)23-16(18-12)14-11-19(8-9-22-14)10-13-6-4-3-5-7-13/h3-7,14H,8-11H2,1-2H3. The Labute approximate surface area is 139 Å². The Morgan fingerprint density at radius 3 is 2.96 bits per heavy atom. The van der Waals surface area contributed by atoms with E-state index in [1.807, 2.05) is 13.0 Å². The summed E-state index contributed by atoms with van der Waals surface area (Å²) in [5.74, 6) is -0.330. The summed E-state index contributed by atoms with van der Waals surface area (Å²) >= 11 is 1.37. The van der Waals surface area contributed by atoms with Gasteiger partial charge in [0.15, 0.2) is 0 Å². The molecular weight excluding hydrogens is 312 g/mol. The van der Waals surface area contributed by atoms with E-state index in [1.165, 1.54) is 24.0 Å². The van der Waals surface area contributed by atoms with Crippen molar-refractivity contribution in [3.63, 3.8) is 0 Å².